The number of aliphatic hydroxyl groups is 1. The molecule has 9 nitrogen and oxygen atoms in total. The summed E-state index contributed by atoms with van der Waals surface area (Å²) < 4.78 is 40.3. The van der Waals surface area contributed by atoms with E-state index in [4.69, 9.17) is 9.47 Å². The SMILES string of the molecule is O=C(C[C@H]1CC[C@H]2[C@@H](COC[C@@H](O)CN2S(=O)(=O)c2ccccc2)O1)N[C@H]1CCN(Cc2ccccc2)C1. The molecule has 5 rings (SSSR count). The van der Waals surface area contributed by atoms with Gasteiger partial charge in [0.05, 0.1) is 48.9 Å². The number of nitrogens with one attached hydrogen (secondary N) is 1. The predicted molar refractivity (Wildman–Crippen MR) is 142 cm³/mol. The fourth-order valence-electron chi connectivity index (χ4n) is 5.73. The molecule has 206 valence electrons. The lowest BCUT2D eigenvalue weighted by molar-refractivity contribution is -0.146. The highest BCUT2D eigenvalue weighted by atomic mass is 32.2. The van der Waals surface area contributed by atoms with Gasteiger partial charge in [0.1, 0.15) is 0 Å². The van der Waals surface area contributed by atoms with Crippen molar-refractivity contribution in [3.63, 3.8) is 0 Å². The standard InChI is InChI=1S/C28H37N3O6S/c32-23-18-31(38(34,35)25-9-5-2-6-10-25)26-12-11-24(37-27(26)20-36-19-23)15-28(33)29-22-13-14-30(17-22)16-21-7-3-1-4-8-21/h1-10,22-24,26-27,32H,11-20H2,(H,29,33)/t22-,23-,24+,26-,27+/m0/s1. The summed E-state index contributed by atoms with van der Waals surface area (Å²) in [6.07, 6.45) is 0.470. The van der Waals surface area contributed by atoms with Crippen LogP contribution in [0, 0.1) is 0 Å². The zero-order chi connectivity index (χ0) is 26.5. The molecular weight excluding hydrogens is 506 g/mol. The lowest BCUT2D eigenvalue weighted by Gasteiger charge is -2.43. The third-order valence-electron chi connectivity index (χ3n) is 7.58. The van der Waals surface area contributed by atoms with Crippen molar-refractivity contribution < 1.29 is 27.8 Å². The number of aliphatic hydroxyl groups excluding tert-OH is 1. The molecule has 0 unspecified atom stereocenters. The van der Waals surface area contributed by atoms with E-state index >= 15 is 0 Å². The van der Waals surface area contributed by atoms with Crippen LogP contribution in [0.25, 0.3) is 0 Å². The molecule has 0 radical (unpaired) electrons. The molecule has 3 aliphatic heterocycles. The van der Waals surface area contributed by atoms with Gasteiger partial charge in [0.15, 0.2) is 0 Å². The van der Waals surface area contributed by atoms with Crippen molar-refractivity contribution in [3.05, 3.63) is 66.2 Å². The smallest absolute Gasteiger partial charge is 0.243 e. The fourth-order valence-corrected chi connectivity index (χ4v) is 7.47. The molecule has 3 aliphatic rings. The molecule has 2 N–H and O–H groups in total. The summed E-state index contributed by atoms with van der Waals surface area (Å²) in [5.74, 6) is -0.0454. The van der Waals surface area contributed by atoms with Crippen molar-refractivity contribution in [3.8, 4) is 0 Å². The quantitative estimate of drug-likeness (QED) is 0.548. The molecule has 5 atom stereocenters. The zero-order valence-electron chi connectivity index (χ0n) is 21.5. The molecule has 38 heavy (non-hydrogen) atoms. The topological polar surface area (TPSA) is 108 Å². The van der Waals surface area contributed by atoms with Gasteiger partial charge in [-0.15, -0.1) is 0 Å². The molecule has 1 amide bonds. The van der Waals surface area contributed by atoms with E-state index in [0.29, 0.717) is 12.8 Å². The van der Waals surface area contributed by atoms with Crippen molar-refractivity contribution in [2.45, 2.75) is 67.5 Å². The number of hydrogen-bond acceptors (Lipinski definition) is 7. The molecule has 0 saturated carbocycles. The van der Waals surface area contributed by atoms with Gasteiger partial charge in [-0.3, -0.25) is 9.69 Å². The molecule has 0 aromatic heterocycles. The van der Waals surface area contributed by atoms with Gasteiger partial charge in [0.25, 0.3) is 0 Å². The van der Waals surface area contributed by atoms with E-state index in [0.717, 1.165) is 26.1 Å². The molecule has 2 aromatic rings. The largest absolute Gasteiger partial charge is 0.389 e. The van der Waals surface area contributed by atoms with Crippen molar-refractivity contribution in [2.75, 3.05) is 32.8 Å². The van der Waals surface area contributed by atoms with Crippen molar-refractivity contribution in [1.82, 2.24) is 14.5 Å². The van der Waals surface area contributed by atoms with Gasteiger partial charge in [0.2, 0.25) is 15.9 Å². The Labute approximate surface area is 224 Å². The van der Waals surface area contributed by atoms with Gasteiger partial charge >= 0.3 is 0 Å². The Morgan fingerprint density at radius 2 is 1.71 bits per heavy atom. The summed E-state index contributed by atoms with van der Waals surface area (Å²) in [4.78, 5) is 15.4. The number of amides is 1. The lowest BCUT2D eigenvalue weighted by atomic mass is 9.96. The molecule has 2 aromatic carbocycles. The van der Waals surface area contributed by atoms with E-state index in [-0.39, 0.29) is 49.1 Å². The van der Waals surface area contributed by atoms with E-state index in [1.54, 1.807) is 30.3 Å². The number of hydrogen-bond donors (Lipinski definition) is 2. The highest BCUT2D eigenvalue weighted by Crippen LogP contribution is 2.31. The molecule has 3 saturated heterocycles. The minimum Gasteiger partial charge on any atom is -0.389 e. The average molecular weight is 544 g/mol. The first-order chi connectivity index (χ1) is 18.4. The number of carbonyl (C=O) groups excluding carboxylic acids is 1. The minimum absolute atomic E-state index is 0.0275. The van der Waals surface area contributed by atoms with Crippen molar-refractivity contribution in [2.24, 2.45) is 0 Å². The van der Waals surface area contributed by atoms with Crippen molar-refractivity contribution in [1.29, 1.82) is 0 Å². The second kappa shape index (κ2) is 12.2. The molecule has 0 bridgehead atoms. The second-order valence-electron chi connectivity index (χ2n) is 10.5. The summed E-state index contributed by atoms with van der Waals surface area (Å²) in [5, 5.41) is 13.5. The third kappa shape index (κ3) is 6.62. The van der Waals surface area contributed by atoms with Crippen LogP contribution in [-0.4, -0.2) is 91.9 Å². The van der Waals surface area contributed by atoms with Gasteiger partial charge in [0, 0.05) is 32.2 Å². The number of fused-ring (bicyclic) bond motifs is 1. The summed E-state index contributed by atoms with van der Waals surface area (Å²) in [7, 11) is -3.84. The number of carbonyl (C=O) groups is 1. The Morgan fingerprint density at radius 3 is 2.47 bits per heavy atom. The van der Waals surface area contributed by atoms with Gasteiger partial charge in [-0.2, -0.15) is 4.31 Å². The first-order valence-corrected chi connectivity index (χ1v) is 14.9. The van der Waals surface area contributed by atoms with Crippen LogP contribution in [0.1, 0.15) is 31.2 Å². The summed E-state index contributed by atoms with van der Waals surface area (Å²) in [6, 6.07) is 18.2. The minimum atomic E-state index is -3.84. The maximum atomic E-state index is 13.5. The zero-order valence-corrected chi connectivity index (χ0v) is 22.3. The first-order valence-electron chi connectivity index (χ1n) is 13.4. The van der Waals surface area contributed by atoms with Gasteiger partial charge < -0.3 is 19.9 Å². The summed E-state index contributed by atoms with van der Waals surface area (Å²) in [6.45, 7) is 2.77. The molecule has 10 heteroatoms. The van der Waals surface area contributed by atoms with Gasteiger partial charge in [-0.05, 0) is 37.0 Å². The Kier molecular flexibility index (Phi) is 8.77. The van der Waals surface area contributed by atoms with Crippen LogP contribution in [0.2, 0.25) is 0 Å². The van der Waals surface area contributed by atoms with E-state index < -0.39 is 28.3 Å². The highest BCUT2D eigenvalue weighted by molar-refractivity contribution is 7.89. The number of ether oxygens (including phenoxy) is 2. The van der Waals surface area contributed by atoms with E-state index in [2.05, 4.69) is 22.3 Å². The number of nitrogens with zero attached hydrogens (tertiary/aromatic N) is 2. The fraction of sp³-hybridized carbons (Fsp3) is 0.536. The number of sulfonamides is 1. The summed E-state index contributed by atoms with van der Waals surface area (Å²) in [5.41, 5.74) is 1.27. The lowest BCUT2D eigenvalue weighted by Crippen LogP contribution is -2.57. The van der Waals surface area contributed by atoms with Crippen LogP contribution in [0.4, 0.5) is 0 Å². The van der Waals surface area contributed by atoms with E-state index in [1.807, 2.05) is 18.2 Å². The van der Waals surface area contributed by atoms with Gasteiger partial charge in [-0.25, -0.2) is 8.42 Å². The molecule has 3 fully saturated rings. The number of benzene rings is 2. The van der Waals surface area contributed by atoms with E-state index in [9.17, 15) is 18.3 Å². The van der Waals surface area contributed by atoms with Crippen LogP contribution in [0.3, 0.4) is 0 Å². The maximum absolute atomic E-state index is 13.5. The summed E-state index contributed by atoms with van der Waals surface area (Å²) >= 11 is 0. The number of likely N-dealkylation sites (tertiary alicyclic amines) is 1. The molecule has 0 aliphatic carbocycles. The normalized spacial score (nSPS) is 29.2. The monoisotopic (exact) mass is 543 g/mol. The third-order valence-corrected chi connectivity index (χ3v) is 9.49. The molecule has 3 heterocycles. The predicted octanol–water partition coefficient (Wildman–Crippen LogP) is 1.77. The maximum Gasteiger partial charge on any atom is 0.243 e. The van der Waals surface area contributed by atoms with Gasteiger partial charge in [-0.1, -0.05) is 48.5 Å². The Bertz CT molecular complexity index is 1170. The highest BCUT2D eigenvalue weighted by Gasteiger charge is 2.43. The first kappa shape index (κ1) is 27.2. The Morgan fingerprint density at radius 1 is 0.974 bits per heavy atom. The second-order valence-corrected chi connectivity index (χ2v) is 12.4. The number of β-amino-alcohol motifs (C(OH)–C–C–N with tert-alkyl or cyclic N) is 1. The van der Waals surface area contributed by atoms with Crippen LogP contribution in [-0.2, 0) is 30.8 Å². The molecule has 0 spiro atoms. The van der Waals surface area contributed by atoms with Crippen LogP contribution in [0.15, 0.2) is 65.6 Å². The van der Waals surface area contributed by atoms with E-state index in [1.165, 1.54) is 9.87 Å². The van der Waals surface area contributed by atoms with Crippen LogP contribution < -0.4 is 5.32 Å². The van der Waals surface area contributed by atoms with Crippen LogP contribution in [0.5, 0.6) is 0 Å². The number of rotatable bonds is 7. The van der Waals surface area contributed by atoms with Crippen molar-refractivity contribution >= 4 is 15.9 Å². The average Bonchev–Trinajstić information content (AvgIpc) is 3.34. The molecular formula is C28H37N3O6S. The van der Waals surface area contributed by atoms with Crippen LogP contribution >= 0.6 is 0 Å². The Hall–Kier alpha value is -2.34. The Balaban J connectivity index is 1.17.